The number of hydrogen-bond donors (Lipinski definition) is 1. The van der Waals surface area contributed by atoms with Crippen molar-refractivity contribution >= 4 is 21.6 Å². The summed E-state index contributed by atoms with van der Waals surface area (Å²) in [4.78, 5) is 14.9. The van der Waals surface area contributed by atoms with E-state index in [0.717, 1.165) is 12.8 Å². The summed E-state index contributed by atoms with van der Waals surface area (Å²) in [6.45, 7) is 4.86. The Hall–Kier alpha value is -2.62. The van der Waals surface area contributed by atoms with Gasteiger partial charge in [-0.3, -0.25) is 9.52 Å². The monoisotopic (exact) mass is 460 g/mol. The van der Waals surface area contributed by atoms with Gasteiger partial charge in [0, 0.05) is 30.3 Å². The van der Waals surface area contributed by atoms with Gasteiger partial charge in [-0.25, -0.2) is 8.42 Å². The fourth-order valence-electron chi connectivity index (χ4n) is 4.02. The first-order valence-electron chi connectivity index (χ1n) is 10.8. The molecule has 2 fully saturated rings. The van der Waals surface area contributed by atoms with Gasteiger partial charge in [0.05, 0.1) is 24.7 Å². The van der Waals surface area contributed by atoms with Gasteiger partial charge in [0.1, 0.15) is 5.75 Å². The first kappa shape index (κ1) is 22.6. The third kappa shape index (κ3) is 5.23. The zero-order chi connectivity index (χ0) is 22.6. The second kappa shape index (κ2) is 9.89. The van der Waals surface area contributed by atoms with Gasteiger partial charge in [0.2, 0.25) is 0 Å². The minimum atomic E-state index is -3.79. The Morgan fingerprint density at radius 2 is 1.78 bits per heavy atom. The van der Waals surface area contributed by atoms with Crippen LogP contribution in [0.15, 0.2) is 53.4 Å². The summed E-state index contributed by atoms with van der Waals surface area (Å²) in [6, 6.07) is 12.8. The van der Waals surface area contributed by atoms with Crippen LogP contribution in [0.2, 0.25) is 0 Å². The van der Waals surface area contributed by atoms with Gasteiger partial charge < -0.3 is 19.1 Å². The van der Waals surface area contributed by atoms with Gasteiger partial charge in [0.25, 0.3) is 15.9 Å². The van der Waals surface area contributed by atoms with Crippen molar-refractivity contribution in [3.63, 3.8) is 0 Å². The van der Waals surface area contributed by atoms with E-state index in [1.165, 1.54) is 12.1 Å². The van der Waals surface area contributed by atoms with Crippen molar-refractivity contribution in [2.24, 2.45) is 5.92 Å². The van der Waals surface area contributed by atoms with Crippen molar-refractivity contribution in [1.29, 1.82) is 0 Å². The molecule has 2 aromatic rings. The van der Waals surface area contributed by atoms with Crippen LogP contribution >= 0.6 is 0 Å². The molecule has 2 aromatic carbocycles. The minimum absolute atomic E-state index is 0.112. The third-order valence-corrected chi connectivity index (χ3v) is 7.06. The van der Waals surface area contributed by atoms with Crippen LogP contribution < -0.4 is 9.46 Å². The van der Waals surface area contributed by atoms with Crippen molar-refractivity contribution in [3.05, 3.63) is 54.1 Å². The number of carbonyl (C=O) groups excluding carboxylic acids is 1. The number of amides is 1. The molecule has 1 amide bonds. The first-order chi connectivity index (χ1) is 15.5. The summed E-state index contributed by atoms with van der Waals surface area (Å²) >= 11 is 0. The molecule has 0 unspecified atom stereocenters. The summed E-state index contributed by atoms with van der Waals surface area (Å²) in [5.74, 6) is 0.793. The smallest absolute Gasteiger partial charge is 0.261 e. The Bertz CT molecular complexity index is 1030. The molecule has 8 nitrogen and oxygen atoms in total. The second-order valence-corrected chi connectivity index (χ2v) is 9.51. The van der Waals surface area contributed by atoms with Crippen molar-refractivity contribution < 1.29 is 27.4 Å². The standard InChI is InChI=1S/C23H28N2O6S/c1-2-29-20-6-8-21(9-7-20)32(27,28)24-19-5-3-4-18(16-19)22(26)25-12-10-17(11-13-25)23-30-14-15-31-23/h3-9,16-17,23-24H,2,10-15H2,1H3. The number of rotatable bonds is 7. The second-order valence-electron chi connectivity index (χ2n) is 7.83. The van der Waals surface area contributed by atoms with Gasteiger partial charge >= 0.3 is 0 Å². The number of nitrogens with zero attached hydrogens (tertiary/aromatic N) is 1. The van der Waals surface area contributed by atoms with Gasteiger partial charge in [-0.15, -0.1) is 0 Å². The topological polar surface area (TPSA) is 94.2 Å². The predicted molar refractivity (Wildman–Crippen MR) is 119 cm³/mol. The van der Waals surface area contributed by atoms with Crippen LogP contribution in [0.25, 0.3) is 0 Å². The Morgan fingerprint density at radius 1 is 1.09 bits per heavy atom. The maximum Gasteiger partial charge on any atom is 0.261 e. The quantitative estimate of drug-likeness (QED) is 0.682. The lowest BCUT2D eigenvalue weighted by molar-refractivity contribution is -0.0956. The average molecular weight is 461 g/mol. The van der Waals surface area contributed by atoms with E-state index >= 15 is 0 Å². The number of carbonyl (C=O) groups is 1. The van der Waals surface area contributed by atoms with Crippen LogP contribution in [-0.4, -0.2) is 58.4 Å². The van der Waals surface area contributed by atoms with E-state index in [4.69, 9.17) is 14.2 Å². The van der Waals surface area contributed by atoms with Gasteiger partial charge in [0.15, 0.2) is 6.29 Å². The molecule has 9 heteroatoms. The summed E-state index contributed by atoms with van der Waals surface area (Å²) in [6.07, 6.45) is 1.48. The summed E-state index contributed by atoms with van der Waals surface area (Å²) in [7, 11) is -3.79. The van der Waals surface area contributed by atoms with Crippen LogP contribution in [-0.2, 0) is 19.5 Å². The van der Waals surface area contributed by atoms with E-state index in [0.29, 0.717) is 55.8 Å². The normalized spacial score (nSPS) is 18.0. The largest absolute Gasteiger partial charge is 0.494 e. The van der Waals surface area contributed by atoms with E-state index < -0.39 is 10.0 Å². The lowest BCUT2D eigenvalue weighted by atomic mass is 9.95. The van der Waals surface area contributed by atoms with E-state index in [9.17, 15) is 13.2 Å². The van der Waals surface area contributed by atoms with Crippen molar-refractivity contribution in [1.82, 2.24) is 4.90 Å². The van der Waals surface area contributed by atoms with Crippen LogP contribution in [0.5, 0.6) is 5.75 Å². The van der Waals surface area contributed by atoms with E-state index in [1.54, 1.807) is 41.3 Å². The molecular weight excluding hydrogens is 432 g/mol. The molecule has 0 saturated carbocycles. The molecule has 0 bridgehead atoms. The predicted octanol–water partition coefficient (Wildman–Crippen LogP) is 3.11. The molecule has 0 atom stereocenters. The van der Waals surface area contributed by atoms with Crippen molar-refractivity contribution in [2.75, 3.05) is 37.6 Å². The maximum absolute atomic E-state index is 13.0. The fraction of sp³-hybridized carbons (Fsp3) is 0.435. The number of likely N-dealkylation sites (tertiary alicyclic amines) is 1. The Kier molecular flexibility index (Phi) is 6.98. The molecule has 2 aliphatic heterocycles. The molecule has 0 spiro atoms. The highest BCUT2D eigenvalue weighted by atomic mass is 32.2. The molecule has 0 aromatic heterocycles. The average Bonchev–Trinajstić information content (AvgIpc) is 3.34. The third-order valence-electron chi connectivity index (χ3n) is 5.67. The van der Waals surface area contributed by atoms with Crippen molar-refractivity contribution in [3.8, 4) is 5.75 Å². The Morgan fingerprint density at radius 3 is 2.44 bits per heavy atom. The number of piperidine rings is 1. The molecule has 2 heterocycles. The zero-order valence-corrected chi connectivity index (χ0v) is 18.8. The maximum atomic E-state index is 13.0. The molecule has 2 saturated heterocycles. The summed E-state index contributed by atoms with van der Waals surface area (Å²) in [5, 5.41) is 0. The molecule has 4 rings (SSSR count). The molecule has 0 radical (unpaired) electrons. The minimum Gasteiger partial charge on any atom is -0.494 e. The summed E-state index contributed by atoms with van der Waals surface area (Å²) in [5.41, 5.74) is 0.788. The van der Waals surface area contributed by atoms with E-state index in [-0.39, 0.29) is 17.1 Å². The van der Waals surface area contributed by atoms with E-state index in [1.807, 2.05) is 6.92 Å². The molecule has 172 valence electrons. The number of anilines is 1. The molecule has 32 heavy (non-hydrogen) atoms. The highest BCUT2D eigenvalue weighted by Crippen LogP contribution is 2.27. The Balaban J connectivity index is 1.40. The number of sulfonamides is 1. The molecule has 2 aliphatic rings. The number of hydrogen-bond acceptors (Lipinski definition) is 6. The highest BCUT2D eigenvalue weighted by Gasteiger charge is 2.32. The zero-order valence-electron chi connectivity index (χ0n) is 18.0. The van der Waals surface area contributed by atoms with Crippen LogP contribution in [0.3, 0.4) is 0 Å². The van der Waals surface area contributed by atoms with Crippen LogP contribution in [0, 0.1) is 5.92 Å². The molecule has 1 N–H and O–H groups in total. The van der Waals surface area contributed by atoms with Gasteiger partial charge in [-0.05, 0) is 62.2 Å². The van der Waals surface area contributed by atoms with Gasteiger partial charge in [-0.1, -0.05) is 6.07 Å². The molecular formula is C23H28N2O6S. The van der Waals surface area contributed by atoms with Crippen molar-refractivity contribution in [2.45, 2.75) is 31.0 Å². The highest BCUT2D eigenvalue weighted by molar-refractivity contribution is 7.92. The first-order valence-corrected chi connectivity index (χ1v) is 12.3. The SMILES string of the molecule is CCOc1ccc(S(=O)(=O)Nc2cccc(C(=O)N3CCC(C4OCCO4)CC3)c2)cc1. The van der Waals surface area contributed by atoms with Crippen LogP contribution in [0.1, 0.15) is 30.1 Å². The number of nitrogens with one attached hydrogen (secondary N) is 1. The lowest BCUT2D eigenvalue weighted by Gasteiger charge is -2.34. The molecule has 0 aliphatic carbocycles. The van der Waals surface area contributed by atoms with E-state index in [2.05, 4.69) is 4.72 Å². The summed E-state index contributed by atoms with van der Waals surface area (Å²) < 4.78 is 44.6. The number of ether oxygens (including phenoxy) is 3. The fourth-order valence-corrected chi connectivity index (χ4v) is 5.07. The van der Waals surface area contributed by atoms with Gasteiger partial charge in [-0.2, -0.15) is 0 Å². The Labute approximate surface area is 188 Å². The lowest BCUT2D eigenvalue weighted by Crippen LogP contribution is -2.41. The van der Waals surface area contributed by atoms with Crippen LogP contribution in [0.4, 0.5) is 5.69 Å². The number of benzene rings is 2.